The first kappa shape index (κ1) is 18.4. The molecule has 0 saturated carbocycles. The van der Waals surface area contributed by atoms with Gasteiger partial charge in [-0.15, -0.1) is 0 Å². The molecule has 2 aromatic carbocycles. The molecule has 1 aliphatic carbocycles. The van der Waals surface area contributed by atoms with E-state index < -0.39 is 0 Å². The average molecular weight is 402 g/mol. The van der Waals surface area contributed by atoms with Gasteiger partial charge in [-0.3, -0.25) is 4.79 Å². The third kappa shape index (κ3) is 3.03. The molecule has 0 fully saturated rings. The van der Waals surface area contributed by atoms with Crippen LogP contribution in [0.3, 0.4) is 0 Å². The van der Waals surface area contributed by atoms with E-state index in [1.54, 1.807) is 18.9 Å². The predicted octanol–water partition coefficient (Wildman–Crippen LogP) is 3.71. The standard InChI is InChI=1S/C23H22N4O3/c1-29-17-7-3-14(4-8-17)16-11-19-21(20(28)12-16)22(27-23(26-19)24-13-25-27)15-5-9-18(30-2)10-6-15/h3-10,13,16,22H,11-12H2,1-2H3,(H,24,25,26)/t16-,22-/m1/s1. The third-order valence-corrected chi connectivity index (χ3v) is 5.88. The van der Waals surface area contributed by atoms with Crippen molar-refractivity contribution in [2.24, 2.45) is 0 Å². The van der Waals surface area contributed by atoms with Crippen LogP contribution in [0.4, 0.5) is 5.95 Å². The number of carbonyl (C=O) groups is 1. The molecule has 7 nitrogen and oxygen atoms in total. The highest BCUT2D eigenvalue weighted by Crippen LogP contribution is 2.44. The highest BCUT2D eigenvalue weighted by Gasteiger charge is 2.39. The van der Waals surface area contributed by atoms with Crippen LogP contribution >= 0.6 is 0 Å². The molecular formula is C23H22N4O3. The summed E-state index contributed by atoms with van der Waals surface area (Å²) < 4.78 is 12.3. The Morgan fingerprint density at radius 3 is 2.20 bits per heavy atom. The van der Waals surface area contributed by atoms with Crippen LogP contribution in [-0.2, 0) is 4.79 Å². The Bertz CT molecular complexity index is 1120. The number of allylic oxidation sites excluding steroid dienone is 2. The van der Waals surface area contributed by atoms with Crippen molar-refractivity contribution < 1.29 is 14.3 Å². The number of aromatic nitrogens is 3. The van der Waals surface area contributed by atoms with Gasteiger partial charge in [0.2, 0.25) is 5.95 Å². The molecule has 152 valence electrons. The smallest absolute Gasteiger partial charge is 0.226 e. The predicted molar refractivity (Wildman–Crippen MR) is 112 cm³/mol. The maximum Gasteiger partial charge on any atom is 0.226 e. The Labute approximate surface area is 174 Å². The van der Waals surface area contributed by atoms with Crippen LogP contribution in [0.25, 0.3) is 0 Å². The summed E-state index contributed by atoms with van der Waals surface area (Å²) in [5, 5.41) is 7.74. The molecule has 0 radical (unpaired) electrons. The zero-order valence-electron chi connectivity index (χ0n) is 16.8. The van der Waals surface area contributed by atoms with E-state index in [4.69, 9.17) is 9.47 Å². The SMILES string of the molecule is COc1ccc([C@H]2CC(=O)C3=C(C2)Nc2ncnn2[C@@H]3c2ccc(OC)cc2)cc1. The van der Waals surface area contributed by atoms with E-state index in [2.05, 4.69) is 15.4 Å². The Morgan fingerprint density at radius 2 is 1.57 bits per heavy atom. The normalized spacial score (nSPS) is 20.3. The number of Topliss-reactive ketones (excluding diaryl/α,β-unsaturated/α-hetero) is 1. The molecule has 30 heavy (non-hydrogen) atoms. The number of rotatable bonds is 4. The number of nitrogens with one attached hydrogen (secondary N) is 1. The summed E-state index contributed by atoms with van der Waals surface area (Å²) in [5.41, 5.74) is 3.80. The van der Waals surface area contributed by atoms with Gasteiger partial charge in [0.25, 0.3) is 0 Å². The summed E-state index contributed by atoms with van der Waals surface area (Å²) in [5.74, 6) is 2.48. The Hall–Kier alpha value is -3.61. The van der Waals surface area contributed by atoms with Gasteiger partial charge in [-0.2, -0.15) is 10.1 Å². The summed E-state index contributed by atoms with van der Waals surface area (Å²) >= 11 is 0. The number of fused-ring (bicyclic) bond motifs is 1. The van der Waals surface area contributed by atoms with E-state index in [0.29, 0.717) is 12.4 Å². The van der Waals surface area contributed by atoms with Crippen molar-refractivity contribution in [1.29, 1.82) is 0 Å². The first-order valence-electron chi connectivity index (χ1n) is 9.88. The van der Waals surface area contributed by atoms with Crippen molar-refractivity contribution in [3.63, 3.8) is 0 Å². The molecule has 0 spiro atoms. The first-order chi connectivity index (χ1) is 14.7. The molecule has 0 saturated heterocycles. The van der Waals surface area contributed by atoms with Crippen LogP contribution in [0.15, 0.2) is 66.1 Å². The number of hydrogen-bond donors (Lipinski definition) is 1. The molecule has 1 aromatic heterocycles. The molecule has 1 N–H and O–H groups in total. The lowest BCUT2D eigenvalue weighted by Gasteiger charge is -2.35. The molecule has 2 heterocycles. The largest absolute Gasteiger partial charge is 0.497 e. The molecule has 0 bridgehead atoms. The Balaban J connectivity index is 1.54. The number of ketones is 1. The van der Waals surface area contributed by atoms with Crippen LogP contribution in [0.1, 0.15) is 35.9 Å². The van der Waals surface area contributed by atoms with Gasteiger partial charge in [0.15, 0.2) is 5.78 Å². The molecule has 7 heteroatoms. The van der Waals surface area contributed by atoms with Gasteiger partial charge in [-0.1, -0.05) is 24.3 Å². The van der Waals surface area contributed by atoms with Gasteiger partial charge in [-0.25, -0.2) is 4.68 Å². The van der Waals surface area contributed by atoms with Crippen LogP contribution in [0.5, 0.6) is 11.5 Å². The highest BCUT2D eigenvalue weighted by atomic mass is 16.5. The summed E-state index contributed by atoms with van der Waals surface area (Å²) in [6.07, 6.45) is 2.72. The maximum absolute atomic E-state index is 13.4. The number of nitrogens with zero attached hydrogens (tertiary/aromatic N) is 3. The van der Waals surface area contributed by atoms with Crippen molar-refractivity contribution in [1.82, 2.24) is 14.8 Å². The zero-order chi connectivity index (χ0) is 20.7. The number of hydrogen-bond acceptors (Lipinski definition) is 6. The van der Waals surface area contributed by atoms with Crippen molar-refractivity contribution in [3.8, 4) is 11.5 Å². The summed E-state index contributed by atoms with van der Waals surface area (Å²) in [6, 6.07) is 15.4. The Kier molecular flexibility index (Phi) is 4.50. The fourth-order valence-electron chi connectivity index (χ4n) is 4.36. The van der Waals surface area contributed by atoms with E-state index in [1.165, 1.54) is 6.33 Å². The van der Waals surface area contributed by atoms with Gasteiger partial charge >= 0.3 is 0 Å². The minimum absolute atomic E-state index is 0.112. The molecular weight excluding hydrogens is 380 g/mol. The second-order valence-electron chi connectivity index (χ2n) is 7.52. The fourth-order valence-corrected chi connectivity index (χ4v) is 4.36. The minimum Gasteiger partial charge on any atom is -0.497 e. The van der Waals surface area contributed by atoms with Gasteiger partial charge in [-0.05, 0) is 47.7 Å². The molecule has 0 unspecified atom stereocenters. The number of carbonyl (C=O) groups excluding carboxylic acids is 1. The fraction of sp³-hybridized carbons (Fsp3) is 0.261. The maximum atomic E-state index is 13.4. The van der Waals surface area contributed by atoms with Gasteiger partial charge in [0.05, 0.1) is 14.2 Å². The average Bonchev–Trinajstić information content (AvgIpc) is 3.26. The van der Waals surface area contributed by atoms with Crippen LogP contribution in [0, 0.1) is 0 Å². The molecule has 1 aliphatic heterocycles. The summed E-state index contributed by atoms with van der Waals surface area (Å²) in [4.78, 5) is 17.7. The van der Waals surface area contributed by atoms with E-state index in [1.807, 2.05) is 48.5 Å². The number of methoxy groups -OCH3 is 2. The topological polar surface area (TPSA) is 78.3 Å². The summed E-state index contributed by atoms with van der Waals surface area (Å²) in [6.45, 7) is 0. The molecule has 0 amide bonds. The highest BCUT2D eigenvalue weighted by molar-refractivity contribution is 6.00. The second kappa shape index (κ2) is 7.33. The monoisotopic (exact) mass is 402 g/mol. The van der Waals surface area contributed by atoms with Gasteiger partial charge < -0.3 is 14.8 Å². The Morgan fingerprint density at radius 1 is 0.933 bits per heavy atom. The summed E-state index contributed by atoms with van der Waals surface area (Å²) in [7, 11) is 3.29. The van der Waals surface area contributed by atoms with Gasteiger partial charge in [0, 0.05) is 17.7 Å². The van der Waals surface area contributed by atoms with Crippen molar-refractivity contribution in [3.05, 3.63) is 77.3 Å². The first-order valence-corrected chi connectivity index (χ1v) is 9.88. The lowest BCUT2D eigenvalue weighted by Crippen LogP contribution is -2.33. The number of anilines is 1. The van der Waals surface area contributed by atoms with E-state index in [9.17, 15) is 4.79 Å². The lowest BCUT2D eigenvalue weighted by molar-refractivity contribution is -0.116. The zero-order valence-corrected chi connectivity index (χ0v) is 16.8. The lowest BCUT2D eigenvalue weighted by atomic mass is 9.78. The molecule has 5 rings (SSSR count). The molecule has 2 atom stereocenters. The van der Waals surface area contributed by atoms with Crippen LogP contribution in [0.2, 0.25) is 0 Å². The van der Waals surface area contributed by atoms with Crippen LogP contribution in [-0.4, -0.2) is 34.8 Å². The molecule has 2 aliphatic rings. The van der Waals surface area contributed by atoms with Gasteiger partial charge in [0.1, 0.15) is 23.9 Å². The number of ether oxygens (including phenoxy) is 2. The van der Waals surface area contributed by atoms with Crippen molar-refractivity contribution in [2.45, 2.75) is 24.8 Å². The van der Waals surface area contributed by atoms with E-state index in [-0.39, 0.29) is 17.7 Å². The van der Waals surface area contributed by atoms with E-state index in [0.717, 1.165) is 40.3 Å². The van der Waals surface area contributed by atoms with Crippen molar-refractivity contribution in [2.75, 3.05) is 19.5 Å². The third-order valence-electron chi connectivity index (χ3n) is 5.88. The second-order valence-corrected chi connectivity index (χ2v) is 7.52. The number of benzene rings is 2. The molecule has 3 aromatic rings. The van der Waals surface area contributed by atoms with Crippen molar-refractivity contribution >= 4 is 11.7 Å². The minimum atomic E-state index is -0.297. The quantitative estimate of drug-likeness (QED) is 0.717. The van der Waals surface area contributed by atoms with E-state index >= 15 is 0 Å². The van der Waals surface area contributed by atoms with Crippen LogP contribution < -0.4 is 14.8 Å².